The van der Waals surface area contributed by atoms with E-state index in [0.717, 1.165) is 25.7 Å². The number of ketones is 1. The molecule has 2 aromatic rings. The molecule has 4 rings (SSSR count). The fraction of sp³-hybridized carbons (Fsp3) is 0.360. The molecule has 6 heteroatoms. The standard InChI is InChI=1S/C25H26O6/c1-29-19-10-7-17(8-11-19)24(26)20(13-16-5-3-2-4-6-16)23(25(27)28)18-9-12-21-22(14-18)31-15-30-21/h7-12,14,16H,2-6,13,15H2,1H3,(H,27,28)/p-1/b23-20-. The number of aliphatic carboxylic acids is 1. The van der Waals surface area contributed by atoms with Crippen molar-refractivity contribution in [3.63, 3.8) is 0 Å². The molecule has 1 aliphatic heterocycles. The second-order valence-electron chi connectivity index (χ2n) is 7.97. The summed E-state index contributed by atoms with van der Waals surface area (Å²) in [5.41, 5.74) is 1.00. The van der Waals surface area contributed by atoms with Crippen molar-refractivity contribution in [1.82, 2.24) is 0 Å². The van der Waals surface area contributed by atoms with Crippen LogP contribution in [0.3, 0.4) is 0 Å². The van der Waals surface area contributed by atoms with Crippen LogP contribution in [0.25, 0.3) is 5.57 Å². The van der Waals surface area contributed by atoms with E-state index in [9.17, 15) is 14.7 Å². The molecule has 1 heterocycles. The number of carboxylic acid groups (broad SMARTS) is 1. The average Bonchev–Trinajstić information content (AvgIpc) is 3.27. The van der Waals surface area contributed by atoms with Gasteiger partial charge in [0.2, 0.25) is 6.79 Å². The van der Waals surface area contributed by atoms with Gasteiger partial charge in [-0.2, -0.15) is 0 Å². The second-order valence-corrected chi connectivity index (χ2v) is 7.97. The van der Waals surface area contributed by atoms with Crippen molar-refractivity contribution in [2.24, 2.45) is 5.92 Å². The Bertz CT molecular complexity index is 999. The monoisotopic (exact) mass is 421 g/mol. The van der Waals surface area contributed by atoms with E-state index in [4.69, 9.17) is 14.2 Å². The molecule has 31 heavy (non-hydrogen) atoms. The zero-order valence-electron chi connectivity index (χ0n) is 17.5. The van der Waals surface area contributed by atoms with E-state index < -0.39 is 5.97 Å². The maximum Gasteiger partial charge on any atom is 0.231 e. The Morgan fingerprint density at radius 1 is 0.968 bits per heavy atom. The summed E-state index contributed by atoms with van der Waals surface area (Å²) in [5, 5.41) is 12.3. The SMILES string of the molecule is COc1ccc(C(=O)/C(CC2CCCCC2)=C(\C(=O)[O-])c2ccc3c(c2)OCO3)cc1. The van der Waals surface area contributed by atoms with Crippen LogP contribution in [0.1, 0.15) is 54.4 Å². The summed E-state index contributed by atoms with van der Waals surface area (Å²) in [6, 6.07) is 11.6. The molecule has 0 unspecified atom stereocenters. The van der Waals surface area contributed by atoms with Gasteiger partial charge < -0.3 is 24.1 Å². The summed E-state index contributed by atoms with van der Waals surface area (Å²) in [6.45, 7) is 0.0862. The molecule has 2 aromatic carbocycles. The van der Waals surface area contributed by atoms with E-state index in [-0.39, 0.29) is 29.6 Å². The molecule has 1 saturated carbocycles. The zero-order chi connectivity index (χ0) is 21.8. The summed E-state index contributed by atoms with van der Waals surface area (Å²) in [5.74, 6) is 0.248. The molecule has 0 N–H and O–H groups in total. The topological polar surface area (TPSA) is 84.9 Å². The molecule has 0 atom stereocenters. The number of rotatable bonds is 7. The van der Waals surface area contributed by atoms with Crippen molar-refractivity contribution in [2.75, 3.05) is 13.9 Å². The quantitative estimate of drug-likeness (QED) is 0.500. The summed E-state index contributed by atoms with van der Waals surface area (Å²) in [6.07, 6.45) is 5.75. The number of carbonyl (C=O) groups is 2. The number of hydrogen-bond donors (Lipinski definition) is 0. The fourth-order valence-electron chi connectivity index (χ4n) is 4.37. The molecule has 0 spiro atoms. The van der Waals surface area contributed by atoms with Gasteiger partial charge in [-0.25, -0.2) is 0 Å². The second kappa shape index (κ2) is 9.25. The zero-order valence-corrected chi connectivity index (χ0v) is 17.5. The van der Waals surface area contributed by atoms with Crippen molar-refractivity contribution >= 4 is 17.3 Å². The number of ether oxygens (including phenoxy) is 3. The number of carbonyl (C=O) groups excluding carboxylic acids is 2. The number of carboxylic acids is 1. The van der Waals surface area contributed by atoms with Crippen LogP contribution in [0.15, 0.2) is 48.0 Å². The van der Waals surface area contributed by atoms with E-state index in [1.165, 1.54) is 6.42 Å². The minimum Gasteiger partial charge on any atom is -0.545 e. The van der Waals surface area contributed by atoms with Gasteiger partial charge in [-0.1, -0.05) is 38.2 Å². The van der Waals surface area contributed by atoms with Crippen molar-refractivity contribution in [3.8, 4) is 17.2 Å². The average molecular weight is 421 g/mol. The number of allylic oxidation sites excluding steroid dienone is 1. The number of fused-ring (bicyclic) bond motifs is 1. The van der Waals surface area contributed by atoms with Crippen LogP contribution in [0, 0.1) is 5.92 Å². The Labute approximate surface area is 181 Å². The molecule has 0 amide bonds. The molecule has 0 saturated heterocycles. The minimum atomic E-state index is -1.37. The van der Waals surface area contributed by atoms with Crippen LogP contribution >= 0.6 is 0 Å². The number of methoxy groups -OCH3 is 1. The van der Waals surface area contributed by atoms with Crippen LogP contribution in [0.5, 0.6) is 17.2 Å². The summed E-state index contributed by atoms with van der Waals surface area (Å²) >= 11 is 0. The molecule has 0 radical (unpaired) electrons. The number of hydrogen-bond acceptors (Lipinski definition) is 6. The molecule has 2 aliphatic rings. The van der Waals surface area contributed by atoms with Crippen molar-refractivity contribution in [2.45, 2.75) is 38.5 Å². The third kappa shape index (κ3) is 4.58. The summed E-state index contributed by atoms with van der Waals surface area (Å²) in [4.78, 5) is 25.8. The summed E-state index contributed by atoms with van der Waals surface area (Å²) in [7, 11) is 1.55. The third-order valence-electron chi connectivity index (χ3n) is 6.01. The molecular weight excluding hydrogens is 396 g/mol. The van der Waals surface area contributed by atoms with Crippen molar-refractivity contribution in [3.05, 3.63) is 59.2 Å². The van der Waals surface area contributed by atoms with Crippen molar-refractivity contribution < 1.29 is 28.9 Å². The first-order valence-corrected chi connectivity index (χ1v) is 10.6. The maximum atomic E-state index is 13.5. The fourth-order valence-corrected chi connectivity index (χ4v) is 4.37. The van der Waals surface area contributed by atoms with Gasteiger partial charge in [0, 0.05) is 16.7 Å². The van der Waals surface area contributed by atoms with Crippen LogP contribution in [0.4, 0.5) is 0 Å². The first kappa shape index (κ1) is 21.0. The lowest BCUT2D eigenvalue weighted by molar-refractivity contribution is -0.295. The predicted octanol–water partition coefficient (Wildman–Crippen LogP) is 3.78. The summed E-state index contributed by atoms with van der Waals surface area (Å²) < 4.78 is 15.9. The van der Waals surface area contributed by atoms with Crippen molar-refractivity contribution in [1.29, 1.82) is 0 Å². The minimum absolute atomic E-state index is 0.0790. The van der Waals surface area contributed by atoms with E-state index in [0.29, 0.717) is 34.8 Å². The Hall–Kier alpha value is -3.28. The van der Waals surface area contributed by atoms with Crippen LogP contribution in [0.2, 0.25) is 0 Å². The number of Topliss-reactive ketones (excluding diaryl/α,β-unsaturated/α-hetero) is 1. The smallest absolute Gasteiger partial charge is 0.231 e. The van der Waals surface area contributed by atoms with Gasteiger partial charge in [-0.15, -0.1) is 0 Å². The van der Waals surface area contributed by atoms with Gasteiger partial charge >= 0.3 is 0 Å². The van der Waals surface area contributed by atoms with Gasteiger partial charge in [0.25, 0.3) is 0 Å². The molecule has 1 fully saturated rings. The lowest BCUT2D eigenvalue weighted by Crippen LogP contribution is -2.27. The third-order valence-corrected chi connectivity index (χ3v) is 6.01. The Balaban J connectivity index is 1.79. The lowest BCUT2D eigenvalue weighted by atomic mass is 9.81. The largest absolute Gasteiger partial charge is 0.545 e. The molecule has 162 valence electrons. The molecule has 6 nitrogen and oxygen atoms in total. The highest BCUT2D eigenvalue weighted by Gasteiger charge is 2.25. The van der Waals surface area contributed by atoms with E-state index >= 15 is 0 Å². The first-order valence-electron chi connectivity index (χ1n) is 10.6. The van der Waals surface area contributed by atoms with E-state index in [2.05, 4.69) is 0 Å². The van der Waals surface area contributed by atoms with Gasteiger partial charge in [0.15, 0.2) is 17.3 Å². The Morgan fingerprint density at radius 2 is 1.65 bits per heavy atom. The highest BCUT2D eigenvalue weighted by Crippen LogP contribution is 2.38. The normalized spacial score (nSPS) is 16.5. The van der Waals surface area contributed by atoms with Gasteiger partial charge in [0.05, 0.1) is 13.1 Å². The Morgan fingerprint density at radius 3 is 2.32 bits per heavy atom. The highest BCUT2D eigenvalue weighted by molar-refractivity contribution is 6.25. The number of benzene rings is 2. The lowest BCUT2D eigenvalue weighted by Gasteiger charge is -2.25. The van der Waals surface area contributed by atoms with Gasteiger partial charge in [0.1, 0.15) is 5.75 Å². The van der Waals surface area contributed by atoms with Crippen LogP contribution < -0.4 is 19.3 Å². The highest BCUT2D eigenvalue weighted by atomic mass is 16.7. The predicted molar refractivity (Wildman–Crippen MR) is 113 cm³/mol. The van der Waals surface area contributed by atoms with Crippen LogP contribution in [-0.2, 0) is 4.79 Å². The molecule has 1 aliphatic carbocycles. The Kier molecular flexibility index (Phi) is 6.26. The molecular formula is C25H25O6-. The van der Waals surface area contributed by atoms with E-state index in [1.807, 2.05) is 0 Å². The molecule has 0 bridgehead atoms. The van der Waals surface area contributed by atoms with Gasteiger partial charge in [-0.05, 0) is 54.3 Å². The van der Waals surface area contributed by atoms with Crippen LogP contribution in [-0.4, -0.2) is 25.7 Å². The maximum absolute atomic E-state index is 13.5. The first-order chi connectivity index (χ1) is 15.1. The van der Waals surface area contributed by atoms with Gasteiger partial charge in [-0.3, -0.25) is 4.79 Å². The van der Waals surface area contributed by atoms with E-state index in [1.54, 1.807) is 49.6 Å². The molecule has 0 aromatic heterocycles.